The van der Waals surface area contributed by atoms with Crippen molar-refractivity contribution in [1.29, 1.82) is 0 Å². The monoisotopic (exact) mass is 291 g/mol. The molecule has 0 aromatic heterocycles. The van der Waals surface area contributed by atoms with Gasteiger partial charge in [-0.1, -0.05) is 23.2 Å². The normalized spacial score (nSPS) is 19.4. The Morgan fingerprint density at radius 2 is 2.11 bits per heavy atom. The Kier molecular flexibility index (Phi) is 4.17. The maximum absolute atomic E-state index is 13.4. The van der Waals surface area contributed by atoms with Crippen LogP contribution in [0.15, 0.2) is 12.1 Å². The molecular weight excluding hydrogens is 276 g/mol. The van der Waals surface area contributed by atoms with Crippen LogP contribution in [0.2, 0.25) is 10.0 Å². The first-order valence-corrected chi connectivity index (χ1v) is 6.78. The Bertz CT molecular complexity index is 449. The van der Waals surface area contributed by atoms with Crippen LogP contribution in [0, 0.1) is 5.82 Å². The Hall–Kier alpha value is -0.350. The summed E-state index contributed by atoms with van der Waals surface area (Å²) in [6.45, 7) is 2.33. The first-order chi connectivity index (χ1) is 8.43. The van der Waals surface area contributed by atoms with Gasteiger partial charge in [0.15, 0.2) is 0 Å². The molecule has 1 fully saturated rings. The van der Waals surface area contributed by atoms with E-state index >= 15 is 0 Å². The van der Waals surface area contributed by atoms with E-state index in [0.717, 1.165) is 19.3 Å². The van der Waals surface area contributed by atoms with Crippen molar-refractivity contribution in [3.63, 3.8) is 0 Å². The van der Waals surface area contributed by atoms with E-state index in [1.54, 1.807) is 0 Å². The molecule has 0 saturated heterocycles. The van der Waals surface area contributed by atoms with Crippen LogP contribution < -0.4 is 5.32 Å². The first-order valence-electron chi connectivity index (χ1n) is 6.02. The Morgan fingerprint density at radius 3 is 2.67 bits per heavy atom. The zero-order valence-corrected chi connectivity index (χ0v) is 11.7. The molecule has 0 bridgehead atoms. The fraction of sp³-hybridized carbons (Fsp3) is 0.538. The molecule has 5 heteroatoms. The Balaban J connectivity index is 2.08. The minimum Gasteiger partial charge on any atom is -0.389 e. The molecule has 18 heavy (non-hydrogen) atoms. The van der Waals surface area contributed by atoms with Gasteiger partial charge in [-0.05, 0) is 38.3 Å². The predicted octanol–water partition coefficient (Wildman–Crippen LogP) is 3.70. The van der Waals surface area contributed by atoms with Gasteiger partial charge in [-0.3, -0.25) is 0 Å². The molecule has 2 N–H and O–H groups in total. The molecule has 1 aromatic rings. The SMILES string of the molecule is CC(NCC1(O)CCC1)c1c(Cl)ccc(F)c1Cl. The summed E-state index contributed by atoms with van der Waals surface area (Å²) in [5, 5.41) is 13.6. The van der Waals surface area contributed by atoms with Gasteiger partial charge in [-0.2, -0.15) is 0 Å². The summed E-state index contributed by atoms with van der Waals surface area (Å²) in [4.78, 5) is 0. The van der Waals surface area contributed by atoms with Crippen LogP contribution in [0.3, 0.4) is 0 Å². The van der Waals surface area contributed by atoms with E-state index in [1.165, 1.54) is 12.1 Å². The molecule has 1 aliphatic rings. The number of halogens is 3. The van der Waals surface area contributed by atoms with Crippen LogP contribution in [0.5, 0.6) is 0 Å². The lowest BCUT2D eigenvalue weighted by atomic mass is 9.80. The molecule has 1 unspecified atom stereocenters. The van der Waals surface area contributed by atoms with E-state index < -0.39 is 11.4 Å². The second-order valence-corrected chi connectivity index (χ2v) is 5.72. The van der Waals surface area contributed by atoms with Crippen molar-refractivity contribution in [3.8, 4) is 0 Å². The van der Waals surface area contributed by atoms with Crippen molar-refractivity contribution in [2.45, 2.75) is 37.8 Å². The average Bonchev–Trinajstić information content (AvgIpc) is 2.29. The highest BCUT2D eigenvalue weighted by Gasteiger charge is 2.34. The zero-order valence-electron chi connectivity index (χ0n) is 10.1. The summed E-state index contributed by atoms with van der Waals surface area (Å²) in [5.41, 5.74) is -0.0816. The molecule has 2 rings (SSSR count). The minimum absolute atomic E-state index is 0.0445. The summed E-state index contributed by atoms with van der Waals surface area (Å²) in [5.74, 6) is -0.480. The van der Waals surface area contributed by atoms with E-state index in [0.29, 0.717) is 17.1 Å². The lowest BCUT2D eigenvalue weighted by Crippen LogP contribution is -2.46. The highest BCUT2D eigenvalue weighted by Crippen LogP contribution is 2.34. The average molecular weight is 292 g/mol. The van der Waals surface area contributed by atoms with E-state index in [4.69, 9.17) is 23.2 Å². The van der Waals surface area contributed by atoms with Gasteiger partial charge in [0, 0.05) is 23.2 Å². The van der Waals surface area contributed by atoms with Gasteiger partial charge >= 0.3 is 0 Å². The number of rotatable bonds is 4. The molecule has 0 spiro atoms. The molecule has 100 valence electrons. The summed E-state index contributed by atoms with van der Waals surface area (Å²) in [7, 11) is 0. The van der Waals surface area contributed by atoms with E-state index in [2.05, 4.69) is 5.32 Å². The minimum atomic E-state index is -0.624. The van der Waals surface area contributed by atoms with Crippen molar-refractivity contribution in [3.05, 3.63) is 33.6 Å². The molecule has 1 aliphatic carbocycles. The highest BCUT2D eigenvalue weighted by molar-refractivity contribution is 6.36. The quantitative estimate of drug-likeness (QED) is 0.829. The fourth-order valence-corrected chi connectivity index (χ4v) is 2.84. The number of aliphatic hydroxyl groups is 1. The number of benzene rings is 1. The van der Waals surface area contributed by atoms with Gasteiger partial charge in [-0.15, -0.1) is 0 Å². The van der Waals surface area contributed by atoms with Crippen molar-refractivity contribution < 1.29 is 9.50 Å². The summed E-state index contributed by atoms with van der Waals surface area (Å²) < 4.78 is 13.4. The summed E-state index contributed by atoms with van der Waals surface area (Å²) >= 11 is 12.0. The smallest absolute Gasteiger partial charge is 0.142 e. The van der Waals surface area contributed by atoms with Gasteiger partial charge in [0.05, 0.1) is 10.6 Å². The standard InChI is InChI=1S/C13H16Cl2FNO/c1-8(17-7-13(18)5-2-6-13)11-9(14)3-4-10(16)12(11)15/h3-4,8,17-18H,2,5-7H2,1H3. The van der Waals surface area contributed by atoms with Gasteiger partial charge in [0.2, 0.25) is 0 Å². The second-order valence-electron chi connectivity index (χ2n) is 4.94. The molecule has 1 aromatic carbocycles. The second kappa shape index (κ2) is 5.33. The first kappa shape index (κ1) is 14.1. The van der Waals surface area contributed by atoms with Crippen LogP contribution in [-0.4, -0.2) is 17.3 Å². The van der Waals surface area contributed by atoms with Gasteiger partial charge in [-0.25, -0.2) is 4.39 Å². The van der Waals surface area contributed by atoms with E-state index in [-0.39, 0.29) is 11.1 Å². The highest BCUT2D eigenvalue weighted by atomic mass is 35.5. The third-order valence-electron chi connectivity index (χ3n) is 3.53. The molecule has 2 nitrogen and oxygen atoms in total. The molecule has 0 heterocycles. The van der Waals surface area contributed by atoms with Crippen LogP contribution in [0.25, 0.3) is 0 Å². The maximum Gasteiger partial charge on any atom is 0.142 e. The maximum atomic E-state index is 13.4. The fourth-order valence-electron chi connectivity index (χ4n) is 2.15. The number of hydrogen-bond donors (Lipinski definition) is 2. The summed E-state index contributed by atoms with van der Waals surface area (Å²) in [6, 6.07) is 2.54. The van der Waals surface area contributed by atoms with Crippen molar-refractivity contribution in [1.82, 2.24) is 5.32 Å². The van der Waals surface area contributed by atoms with Gasteiger partial charge < -0.3 is 10.4 Å². The molecular formula is C13H16Cl2FNO. The van der Waals surface area contributed by atoms with Crippen molar-refractivity contribution in [2.24, 2.45) is 0 Å². The molecule has 0 amide bonds. The van der Waals surface area contributed by atoms with E-state index in [9.17, 15) is 9.50 Å². The number of hydrogen-bond acceptors (Lipinski definition) is 2. The van der Waals surface area contributed by atoms with Crippen LogP contribution >= 0.6 is 23.2 Å². The predicted molar refractivity (Wildman–Crippen MR) is 71.6 cm³/mol. The third kappa shape index (κ3) is 2.80. The summed E-state index contributed by atoms with van der Waals surface area (Å²) in [6.07, 6.45) is 2.66. The Morgan fingerprint density at radius 1 is 1.44 bits per heavy atom. The lowest BCUT2D eigenvalue weighted by Gasteiger charge is -2.37. The Labute approximate surface area is 116 Å². The van der Waals surface area contributed by atoms with Crippen LogP contribution in [0.1, 0.15) is 37.8 Å². The lowest BCUT2D eigenvalue weighted by molar-refractivity contribution is -0.0329. The van der Waals surface area contributed by atoms with Crippen LogP contribution in [-0.2, 0) is 0 Å². The molecule has 0 aliphatic heterocycles. The third-order valence-corrected chi connectivity index (χ3v) is 4.25. The van der Waals surface area contributed by atoms with Gasteiger partial charge in [0.1, 0.15) is 5.82 Å². The van der Waals surface area contributed by atoms with Crippen molar-refractivity contribution >= 4 is 23.2 Å². The van der Waals surface area contributed by atoms with Crippen molar-refractivity contribution in [2.75, 3.05) is 6.54 Å². The zero-order chi connectivity index (χ0) is 13.3. The van der Waals surface area contributed by atoms with Crippen LogP contribution in [0.4, 0.5) is 4.39 Å². The topological polar surface area (TPSA) is 32.3 Å². The number of nitrogens with one attached hydrogen (secondary N) is 1. The molecule has 1 saturated carbocycles. The van der Waals surface area contributed by atoms with E-state index in [1.807, 2.05) is 6.92 Å². The molecule has 0 radical (unpaired) electrons. The molecule has 1 atom stereocenters. The largest absolute Gasteiger partial charge is 0.389 e. The van der Waals surface area contributed by atoms with Gasteiger partial charge in [0.25, 0.3) is 0 Å².